The fourth-order valence-electron chi connectivity index (χ4n) is 7.48. The van der Waals surface area contributed by atoms with Crippen LogP contribution in [0.15, 0.2) is 54.1 Å². The molecule has 2 amide bonds. The Bertz CT molecular complexity index is 2760. The molecule has 23 nitrogen and oxygen atoms in total. The smallest absolute Gasteiger partial charge is 0.407 e. The van der Waals surface area contributed by atoms with Crippen LogP contribution in [0.4, 0.5) is 11.8 Å². The van der Waals surface area contributed by atoms with Crippen LogP contribution in [0.1, 0.15) is 64.4 Å². The number of amides is 2. The second kappa shape index (κ2) is 17.6. The highest BCUT2D eigenvalue weighted by Gasteiger charge is 2.55. The molecule has 0 aliphatic carbocycles. The van der Waals surface area contributed by atoms with Crippen LogP contribution in [0, 0.1) is 11.8 Å². The summed E-state index contributed by atoms with van der Waals surface area (Å²) in [5.41, 5.74) is 0.242. The van der Waals surface area contributed by atoms with Gasteiger partial charge in [0.25, 0.3) is 11.5 Å². The fourth-order valence-corrected chi connectivity index (χ4v) is 11.0. The molecule has 8 rings (SSSR count). The molecule has 3 saturated heterocycles. The number of nitrogens with zero attached hydrogens (tertiary/aromatic N) is 7. The third-order valence-electron chi connectivity index (χ3n) is 12.0. The zero-order valence-electron chi connectivity index (χ0n) is 37.1. The van der Waals surface area contributed by atoms with Crippen molar-refractivity contribution in [1.29, 1.82) is 0 Å². The van der Waals surface area contributed by atoms with Gasteiger partial charge in [-0.2, -0.15) is 4.98 Å². The highest BCUT2D eigenvalue weighted by Crippen LogP contribution is 2.56. The number of hydrogen-bond donors (Lipinski definition) is 4. The third-order valence-corrected chi connectivity index (χ3v) is 18.7. The van der Waals surface area contributed by atoms with Crippen molar-refractivity contribution in [3.8, 4) is 0 Å². The van der Waals surface area contributed by atoms with Gasteiger partial charge in [-0.05, 0) is 30.3 Å². The van der Waals surface area contributed by atoms with Crippen LogP contribution in [-0.4, -0.2) is 114 Å². The van der Waals surface area contributed by atoms with Gasteiger partial charge in [-0.3, -0.25) is 52.0 Å². The molecular weight excluding hydrogens is 907 g/mol. The van der Waals surface area contributed by atoms with Crippen LogP contribution in [-0.2, 0) is 45.9 Å². The minimum absolute atomic E-state index is 0.0192. The number of ether oxygens (including phenoxy) is 2. The lowest BCUT2D eigenvalue weighted by atomic mass is 10.0. The Labute approximate surface area is 373 Å². The number of anilines is 2. The average molecular weight is 959 g/mol. The highest BCUT2D eigenvalue weighted by molar-refractivity contribution is 7.53. The van der Waals surface area contributed by atoms with E-state index in [0.717, 1.165) is 0 Å². The van der Waals surface area contributed by atoms with Crippen LogP contribution < -0.4 is 16.2 Å². The second-order valence-electron chi connectivity index (χ2n) is 18.1. The van der Waals surface area contributed by atoms with Gasteiger partial charge in [-0.15, -0.1) is 0 Å². The van der Waals surface area contributed by atoms with E-state index in [2.05, 4.69) is 40.5 Å². The number of phosphoric acid groups is 1. The van der Waals surface area contributed by atoms with Crippen molar-refractivity contribution in [1.82, 2.24) is 39.0 Å². The monoisotopic (exact) mass is 958 g/mol. The van der Waals surface area contributed by atoms with Crippen molar-refractivity contribution < 1.29 is 55.6 Å². The Morgan fingerprint density at radius 3 is 2.25 bits per heavy atom. The summed E-state index contributed by atoms with van der Waals surface area (Å²) < 4.78 is 75.3. The topological polar surface area (TPSA) is 284 Å². The lowest BCUT2D eigenvalue weighted by molar-refractivity contribution is -0.118. The highest BCUT2D eigenvalue weighted by atomic mass is 31.2. The van der Waals surface area contributed by atoms with Crippen molar-refractivity contribution in [3.05, 3.63) is 65.2 Å². The van der Waals surface area contributed by atoms with Crippen molar-refractivity contribution in [2.24, 2.45) is 11.8 Å². The van der Waals surface area contributed by atoms with Crippen LogP contribution in [0.3, 0.4) is 0 Å². The Balaban J connectivity index is 1.10. The quantitative estimate of drug-likeness (QED) is 0.112. The summed E-state index contributed by atoms with van der Waals surface area (Å²) in [7, 11) is -11.8. The molecule has 7 heterocycles. The Morgan fingerprint density at radius 2 is 1.55 bits per heavy atom. The number of benzene rings is 1. The number of aromatic amines is 1. The molecule has 350 valence electrons. The van der Waals surface area contributed by atoms with Crippen LogP contribution in [0.25, 0.3) is 22.3 Å². The molecule has 1 aromatic carbocycles. The Hall–Kier alpha value is -4.58. The maximum Gasteiger partial charge on any atom is 0.472 e. The summed E-state index contributed by atoms with van der Waals surface area (Å²) in [6.45, 7) is 15.3. The lowest BCUT2D eigenvalue weighted by Crippen LogP contribution is -2.49. The third kappa shape index (κ3) is 9.52. The van der Waals surface area contributed by atoms with Crippen molar-refractivity contribution in [2.75, 3.05) is 30.5 Å². The van der Waals surface area contributed by atoms with E-state index in [1.54, 1.807) is 55.7 Å². The van der Waals surface area contributed by atoms with Crippen molar-refractivity contribution >= 4 is 69.6 Å². The summed E-state index contributed by atoms with van der Waals surface area (Å²) in [4.78, 5) is 74.5. The molecule has 3 aliphatic heterocycles. The number of carbonyl (C=O) groups excluding carboxylic acids is 2. The number of hydrogen-bond acceptors (Lipinski definition) is 17. The van der Waals surface area contributed by atoms with E-state index in [0.29, 0.717) is 5.56 Å². The summed E-state index contributed by atoms with van der Waals surface area (Å²) in [5.74, 6) is -1.91. The van der Waals surface area contributed by atoms with Gasteiger partial charge in [-0.1, -0.05) is 59.7 Å². The molecule has 0 radical (unpaired) electrons. The molecule has 26 heteroatoms. The summed E-state index contributed by atoms with van der Waals surface area (Å²) >= 11 is 0. The number of fused-ring (bicyclic) bond motifs is 4. The molecule has 3 fully saturated rings. The average Bonchev–Trinajstić information content (AvgIpc) is 4.00. The largest absolute Gasteiger partial charge is 0.472 e. The standard InChI is InChI=1S/C39H52N10O13P2Si/c1-20(2)33(50)46-38-45-32-26(35(52)47-38)43-19-49(32)37-29(62-65(8,9)39(4,5)6)28-24(59-37)16-57-64(54,55)61-27-21(3)36(58-23(27)15-56-63(7,53)60-28)48-18-42-25-30(40-17-41-31(25)48)44-34(51)22-13-11-10-12-14-22/h10-14,17-21,23-24,27-29,36-37H,15-16H2,1-9H3,(H,54,55)(H,40,41,44,51)(H2,45,46,47,50,52)/t21-,23+,24+,27?,28?,29-,36+,37+,63?/m0/s1. The van der Waals surface area contributed by atoms with Crippen molar-refractivity contribution in [3.63, 3.8) is 0 Å². The van der Waals surface area contributed by atoms with Gasteiger partial charge < -0.3 is 28.6 Å². The second-order valence-corrected chi connectivity index (χ2v) is 26.2. The van der Waals surface area contributed by atoms with Crippen LogP contribution in [0.2, 0.25) is 18.1 Å². The molecule has 0 spiro atoms. The van der Waals surface area contributed by atoms with Gasteiger partial charge in [-0.25, -0.2) is 24.5 Å². The first-order chi connectivity index (χ1) is 30.5. The zero-order chi connectivity index (χ0) is 46.8. The number of imidazole rings is 2. The number of phosphoric ester groups is 1. The van der Waals surface area contributed by atoms with Crippen LogP contribution >= 0.6 is 15.4 Å². The molecular formula is C39H52N10O13P2Si. The first-order valence-corrected chi connectivity index (χ1v) is 27.3. The first-order valence-electron chi connectivity index (χ1n) is 20.9. The number of H-pyrrole nitrogens is 1. The van der Waals surface area contributed by atoms with Gasteiger partial charge >= 0.3 is 15.4 Å². The van der Waals surface area contributed by atoms with E-state index >= 15 is 0 Å². The van der Waals surface area contributed by atoms with Crippen LogP contribution in [0.5, 0.6) is 0 Å². The zero-order valence-corrected chi connectivity index (χ0v) is 39.9. The number of aromatic nitrogens is 8. The number of carbonyl (C=O) groups is 2. The molecule has 0 bridgehead atoms. The normalized spacial score (nSPS) is 30.1. The SMILES string of the molecule is CC(C)C(=O)Nc1nc2c(ncn2[C@@H]2O[C@@H]3COP(=O)(O)OC4[C@@H](COP(C)(=O)OC3[C@@H]2O[Si](C)(C)C(C)(C)C)O[C@@H](n2cnc3c(NC(=O)c5ccccc5)ncnc32)[C@H]4C)c(=O)[nH]1. The van der Waals surface area contributed by atoms with Gasteiger partial charge in [0.1, 0.15) is 43.1 Å². The van der Waals surface area contributed by atoms with E-state index in [1.807, 2.05) is 33.9 Å². The Morgan fingerprint density at radius 1 is 0.908 bits per heavy atom. The van der Waals surface area contributed by atoms with E-state index < -0.39 is 109 Å². The lowest BCUT2D eigenvalue weighted by Gasteiger charge is -2.41. The summed E-state index contributed by atoms with van der Waals surface area (Å²) in [5, 5.41) is 4.99. The van der Waals surface area contributed by atoms with Gasteiger partial charge in [0.05, 0.1) is 25.9 Å². The number of rotatable bonds is 8. The predicted octanol–water partition coefficient (Wildman–Crippen LogP) is 5.37. The molecule has 4 N–H and O–H groups in total. The van der Waals surface area contributed by atoms with E-state index in [4.69, 9.17) is 32.0 Å². The maximum atomic E-state index is 14.5. The Kier molecular flexibility index (Phi) is 12.7. The van der Waals surface area contributed by atoms with E-state index in [-0.39, 0.29) is 39.1 Å². The van der Waals surface area contributed by atoms with E-state index in [1.165, 1.54) is 30.2 Å². The summed E-state index contributed by atoms with van der Waals surface area (Å²) in [6.07, 6.45) is -4.03. The molecule has 0 saturated carbocycles. The minimum Gasteiger partial charge on any atom is -0.407 e. The predicted molar refractivity (Wildman–Crippen MR) is 235 cm³/mol. The summed E-state index contributed by atoms with van der Waals surface area (Å²) in [6, 6.07) is 8.57. The van der Waals surface area contributed by atoms with Gasteiger partial charge in [0.2, 0.25) is 11.9 Å². The first kappa shape index (κ1) is 46.9. The molecule has 4 aromatic heterocycles. The van der Waals surface area contributed by atoms with Gasteiger partial charge in [0, 0.05) is 24.1 Å². The molecule has 3 aliphatic rings. The van der Waals surface area contributed by atoms with Crippen molar-refractivity contribution in [2.45, 2.75) is 103 Å². The van der Waals surface area contributed by atoms with E-state index in [9.17, 15) is 28.4 Å². The minimum atomic E-state index is -4.96. The maximum absolute atomic E-state index is 14.5. The molecule has 4 unspecified atom stereocenters. The van der Waals surface area contributed by atoms with Gasteiger partial charge in [0.15, 0.2) is 42.7 Å². The molecule has 5 aromatic rings. The number of nitrogens with one attached hydrogen (secondary N) is 3. The fraction of sp³-hybridized carbons (Fsp3) is 0.538. The molecule has 65 heavy (non-hydrogen) atoms. The molecule has 10 atom stereocenters.